The van der Waals surface area contributed by atoms with Gasteiger partial charge in [-0.15, -0.1) is 11.3 Å². The van der Waals surface area contributed by atoms with Crippen LogP contribution < -0.4 is 0 Å². The normalized spacial score (nSPS) is 29.8. The van der Waals surface area contributed by atoms with Crippen LogP contribution in [0, 0.1) is 5.92 Å². The molecule has 3 aliphatic rings. The molecule has 19 heavy (non-hydrogen) atoms. The fourth-order valence-corrected chi connectivity index (χ4v) is 4.72. The third kappa shape index (κ3) is 2.18. The predicted octanol–water partition coefficient (Wildman–Crippen LogP) is 3.64. The molecule has 2 aromatic heterocycles. The van der Waals surface area contributed by atoms with Crippen molar-refractivity contribution in [2.45, 2.75) is 18.9 Å². The van der Waals surface area contributed by atoms with E-state index in [0.717, 1.165) is 11.6 Å². The quantitative estimate of drug-likeness (QED) is 0.834. The van der Waals surface area contributed by atoms with Crippen LogP contribution in [0.25, 0.3) is 10.6 Å². The number of imidazole rings is 1. The average Bonchev–Trinajstić information content (AvgIpc) is 3.08. The lowest BCUT2D eigenvalue weighted by Crippen LogP contribution is -2.47. The number of hydrogen-bond acceptors (Lipinski definition) is 3. The molecule has 0 N–H and O–H groups in total. The van der Waals surface area contributed by atoms with Gasteiger partial charge in [0.25, 0.3) is 0 Å². The van der Waals surface area contributed by atoms with Crippen molar-refractivity contribution in [1.82, 2.24) is 14.5 Å². The van der Waals surface area contributed by atoms with E-state index in [0.29, 0.717) is 6.04 Å². The van der Waals surface area contributed by atoms with Crippen molar-refractivity contribution in [3.8, 4) is 10.6 Å². The van der Waals surface area contributed by atoms with Gasteiger partial charge in [0, 0.05) is 12.7 Å². The maximum absolute atomic E-state index is 4.59. The van der Waals surface area contributed by atoms with Gasteiger partial charge in [0.1, 0.15) is 0 Å². The van der Waals surface area contributed by atoms with Gasteiger partial charge < -0.3 is 9.47 Å². The molecule has 0 radical (unpaired) electrons. The molecule has 3 saturated heterocycles. The Labute approximate surface area is 125 Å². The molecule has 5 heteroatoms. The molecular formula is C14H16BrN3S. The second-order valence-corrected chi connectivity index (χ2v) is 7.98. The predicted molar refractivity (Wildman–Crippen MR) is 81.4 cm³/mol. The Morgan fingerprint density at radius 2 is 2.11 bits per heavy atom. The SMILES string of the molecule is Brc1ccc(-c2cn(C3CN4CCC3CC4)cn2)s1. The van der Waals surface area contributed by atoms with Crippen molar-refractivity contribution in [2.24, 2.45) is 5.92 Å². The summed E-state index contributed by atoms with van der Waals surface area (Å²) in [6.07, 6.45) is 6.95. The van der Waals surface area contributed by atoms with Crippen LogP contribution in [0.3, 0.4) is 0 Å². The van der Waals surface area contributed by atoms with Crippen LogP contribution in [-0.2, 0) is 0 Å². The van der Waals surface area contributed by atoms with E-state index in [9.17, 15) is 0 Å². The molecule has 0 aromatic carbocycles. The Morgan fingerprint density at radius 1 is 1.26 bits per heavy atom. The van der Waals surface area contributed by atoms with E-state index in [2.05, 4.69) is 48.7 Å². The topological polar surface area (TPSA) is 21.1 Å². The summed E-state index contributed by atoms with van der Waals surface area (Å²) in [6.45, 7) is 3.79. The van der Waals surface area contributed by atoms with Gasteiger partial charge in [-0.2, -0.15) is 0 Å². The standard InChI is InChI=1S/C14H16BrN3S/c15-14-2-1-13(19-14)11-7-18(9-16-11)12-8-17-5-3-10(12)4-6-17/h1-2,7,9-10,12H,3-6,8H2. The van der Waals surface area contributed by atoms with Gasteiger partial charge in [-0.1, -0.05) is 0 Å². The highest BCUT2D eigenvalue weighted by Gasteiger charge is 2.35. The van der Waals surface area contributed by atoms with Crippen molar-refractivity contribution >= 4 is 27.3 Å². The molecule has 0 spiro atoms. The molecule has 5 heterocycles. The van der Waals surface area contributed by atoms with Gasteiger partial charge in [-0.25, -0.2) is 4.98 Å². The average molecular weight is 338 g/mol. The summed E-state index contributed by atoms with van der Waals surface area (Å²) in [5.74, 6) is 0.849. The fourth-order valence-electron chi connectivity index (χ4n) is 3.37. The van der Waals surface area contributed by atoms with Gasteiger partial charge >= 0.3 is 0 Å². The molecule has 0 saturated carbocycles. The molecule has 3 fully saturated rings. The van der Waals surface area contributed by atoms with Crippen molar-refractivity contribution in [3.63, 3.8) is 0 Å². The number of piperidine rings is 3. The van der Waals surface area contributed by atoms with Crippen molar-refractivity contribution in [1.29, 1.82) is 0 Å². The van der Waals surface area contributed by atoms with E-state index in [1.54, 1.807) is 11.3 Å². The highest BCUT2D eigenvalue weighted by molar-refractivity contribution is 9.11. The van der Waals surface area contributed by atoms with E-state index < -0.39 is 0 Å². The summed E-state index contributed by atoms with van der Waals surface area (Å²) in [6, 6.07) is 4.86. The van der Waals surface area contributed by atoms with Crippen LogP contribution in [0.4, 0.5) is 0 Å². The number of thiophene rings is 1. The number of hydrogen-bond donors (Lipinski definition) is 0. The Morgan fingerprint density at radius 3 is 2.74 bits per heavy atom. The lowest BCUT2D eigenvalue weighted by molar-refractivity contribution is 0.0570. The lowest BCUT2D eigenvalue weighted by Gasteiger charge is -2.45. The van der Waals surface area contributed by atoms with Gasteiger partial charge in [-0.05, 0) is 59.9 Å². The maximum atomic E-state index is 4.59. The third-order valence-corrected chi connectivity index (χ3v) is 6.08. The molecule has 2 bridgehead atoms. The van der Waals surface area contributed by atoms with Gasteiger partial charge in [-0.3, -0.25) is 0 Å². The van der Waals surface area contributed by atoms with Crippen molar-refractivity contribution < 1.29 is 0 Å². The number of rotatable bonds is 2. The van der Waals surface area contributed by atoms with Crippen molar-refractivity contribution in [3.05, 3.63) is 28.4 Å². The first kappa shape index (κ1) is 12.1. The summed E-state index contributed by atoms with van der Waals surface area (Å²) >= 11 is 5.26. The minimum absolute atomic E-state index is 0.632. The van der Waals surface area contributed by atoms with Gasteiger partial charge in [0.2, 0.25) is 0 Å². The van der Waals surface area contributed by atoms with E-state index in [-0.39, 0.29) is 0 Å². The van der Waals surface area contributed by atoms with E-state index >= 15 is 0 Å². The van der Waals surface area contributed by atoms with E-state index in [1.165, 1.54) is 41.1 Å². The highest BCUT2D eigenvalue weighted by Crippen LogP contribution is 2.37. The second kappa shape index (κ2) is 4.72. The summed E-state index contributed by atoms with van der Waals surface area (Å²) in [4.78, 5) is 8.42. The zero-order valence-electron chi connectivity index (χ0n) is 10.6. The fraction of sp³-hybridized carbons (Fsp3) is 0.500. The monoisotopic (exact) mass is 337 g/mol. The summed E-state index contributed by atoms with van der Waals surface area (Å²) in [5.41, 5.74) is 1.10. The molecule has 1 unspecified atom stereocenters. The zero-order valence-corrected chi connectivity index (χ0v) is 13.0. The minimum atomic E-state index is 0.632. The van der Waals surface area contributed by atoms with Gasteiger partial charge in [0.05, 0.1) is 26.7 Å². The first-order chi connectivity index (χ1) is 9.29. The molecule has 100 valence electrons. The molecule has 0 aliphatic carbocycles. The summed E-state index contributed by atoms with van der Waals surface area (Å²) in [7, 11) is 0. The number of halogens is 1. The Kier molecular flexibility index (Phi) is 3.01. The van der Waals surface area contributed by atoms with Crippen LogP contribution in [0.15, 0.2) is 28.4 Å². The molecular weight excluding hydrogens is 322 g/mol. The molecule has 5 rings (SSSR count). The van der Waals surface area contributed by atoms with Crippen LogP contribution in [0.5, 0.6) is 0 Å². The van der Waals surface area contributed by atoms with Crippen LogP contribution in [0.1, 0.15) is 18.9 Å². The van der Waals surface area contributed by atoms with Crippen LogP contribution >= 0.6 is 27.3 Å². The van der Waals surface area contributed by atoms with E-state index in [4.69, 9.17) is 0 Å². The third-order valence-electron chi connectivity index (χ3n) is 4.43. The van der Waals surface area contributed by atoms with Gasteiger partial charge in [0.15, 0.2) is 0 Å². The molecule has 3 nitrogen and oxygen atoms in total. The lowest BCUT2D eigenvalue weighted by atomic mass is 9.84. The summed E-state index contributed by atoms with van der Waals surface area (Å²) < 4.78 is 3.51. The second-order valence-electron chi connectivity index (χ2n) is 5.52. The minimum Gasteiger partial charge on any atom is -0.332 e. The largest absolute Gasteiger partial charge is 0.332 e. The summed E-state index contributed by atoms with van der Waals surface area (Å²) in [5, 5.41) is 0. The zero-order chi connectivity index (χ0) is 12.8. The smallest absolute Gasteiger partial charge is 0.0982 e. The number of nitrogens with zero attached hydrogens (tertiary/aromatic N) is 3. The van der Waals surface area contributed by atoms with Crippen LogP contribution in [-0.4, -0.2) is 34.1 Å². The van der Waals surface area contributed by atoms with E-state index in [1.807, 2.05) is 6.33 Å². The highest BCUT2D eigenvalue weighted by atomic mass is 79.9. The first-order valence-electron chi connectivity index (χ1n) is 6.81. The Bertz CT molecular complexity index is 583. The molecule has 2 aromatic rings. The van der Waals surface area contributed by atoms with Crippen LogP contribution in [0.2, 0.25) is 0 Å². The number of fused-ring (bicyclic) bond motifs is 3. The maximum Gasteiger partial charge on any atom is 0.0982 e. The molecule has 1 atom stereocenters. The van der Waals surface area contributed by atoms with Crippen molar-refractivity contribution in [2.75, 3.05) is 19.6 Å². The molecule has 0 amide bonds. The Balaban J connectivity index is 1.61. The Hall–Kier alpha value is -0.650. The first-order valence-corrected chi connectivity index (χ1v) is 8.42. The number of aromatic nitrogens is 2. The molecule has 3 aliphatic heterocycles.